The molecule has 0 saturated carbocycles. The minimum Gasteiger partial charge on any atom is -0.313 e. The predicted molar refractivity (Wildman–Crippen MR) is 89.4 cm³/mol. The molecule has 0 saturated heterocycles. The number of nitrogens with one attached hydrogen (secondary N) is 1. The highest BCUT2D eigenvalue weighted by molar-refractivity contribution is 7.90. The quantitative estimate of drug-likeness (QED) is 0.855. The first-order valence-electron chi connectivity index (χ1n) is 7.37. The van der Waals surface area contributed by atoms with Gasteiger partial charge in [0.15, 0.2) is 0 Å². The van der Waals surface area contributed by atoms with E-state index in [0.29, 0.717) is 0 Å². The summed E-state index contributed by atoms with van der Waals surface area (Å²) in [6.45, 7) is 2.92. The summed E-state index contributed by atoms with van der Waals surface area (Å²) in [5, 5.41) is 5.75. The first-order chi connectivity index (χ1) is 9.98. The van der Waals surface area contributed by atoms with Crippen LogP contribution in [-0.2, 0) is 16.3 Å². The second-order valence-electron chi connectivity index (χ2n) is 5.63. The molecule has 3 nitrogen and oxygen atoms in total. The molecule has 0 fully saturated rings. The van der Waals surface area contributed by atoms with E-state index in [1.807, 2.05) is 12.1 Å². The Morgan fingerprint density at radius 1 is 1.10 bits per heavy atom. The Morgan fingerprint density at radius 3 is 2.48 bits per heavy atom. The third-order valence-corrected chi connectivity index (χ3v) is 4.49. The van der Waals surface area contributed by atoms with Gasteiger partial charge < -0.3 is 5.32 Å². The maximum atomic E-state index is 11.6. The van der Waals surface area contributed by atoms with Crippen molar-refractivity contribution in [3.8, 4) is 0 Å². The molecule has 2 aromatic rings. The highest BCUT2D eigenvalue weighted by atomic mass is 32.2. The molecule has 1 N–H and O–H groups in total. The molecule has 0 heterocycles. The molecule has 0 radical (unpaired) electrons. The number of hydrogen-bond donors (Lipinski definition) is 1. The van der Waals surface area contributed by atoms with E-state index in [-0.39, 0.29) is 11.8 Å². The second kappa shape index (κ2) is 7.05. The van der Waals surface area contributed by atoms with E-state index in [4.69, 9.17) is 0 Å². The van der Waals surface area contributed by atoms with Crippen molar-refractivity contribution in [2.45, 2.75) is 25.8 Å². The van der Waals surface area contributed by atoms with Crippen molar-refractivity contribution in [3.63, 3.8) is 0 Å². The number of benzene rings is 2. The van der Waals surface area contributed by atoms with Gasteiger partial charge in [0.1, 0.15) is 9.84 Å². The van der Waals surface area contributed by atoms with E-state index < -0.39 is 9.84 Å². The Labute approximate surface area is 127 Å². The van der Waals surface area contributed by atoms with Gasteiger partial charge in [-0.1, -0.05) is 49.4 Å². The summed E-state index contributed by atoms with van der Waals surface area (Å²) in [5.41, 5.74) is 1.17. The van der Waals surface area contributed by atoms with Crippen LogP contribution in [0.5, 0.6) is 0 Å². The Morgan fingerprint density at radius 2 is 1.81 bits per heavy atom. The van der Waals surface area contributed by atoms with E-state index >= 15 is 0 Å². The van der Waals surface area contributed by atoms with Crippen LogP contribution in [-0.4, -0.2) is 33.0 Å². The van der Waals surface area contributed by atoms with Crippen molar-refractivity contribution < 1.29 is 8.42 Å². The summed E-state index contributed by atoms with van der Waals surface area (Å²) in [5.74, 6) is 0.180. The van der Waals surface area contributed by atoms with E-state index in [0.717, 1.165) is 19.4 Å². The van der Waals surface area contributed by atoms with Gasteiger partial charge in [0, 0.05) is 12.3 Å². The van der Waals surface area contributed by atoms with Gasteiger partial charge in [0.2, 0.25) is 0 Å². The lowest BCUT2D eigenvalue weighted by Gasteiger charge is -2.18. The van der Waals surface area contributed by atoms with Crippen LogP contribution in [0.3, 0.4) is 0 Å². The van der Waals surface area contributed by atoms with Gasteiger partial charge in [-0.05, 0) is 35.7 Å². The van der Waals surface area contributed by atoms with E-state index in [1.54, 1.807) is 0 Å². The van der Waals surface area contributed by atoms with Crippen LogP contribution in [0.15, 0.2) is 42.5 Å². The lowest BCUT2D eigenvalue weighted by Crippen LogP contribution is -2.37. The third kappa shape index (κ3) is 5.14. The highest BCUT2D eigenvalue weighted by Crippen LogP contribution is 2.17. The Balaban J connectivity index is 2.16. The zero-order chi connectivity index (χ0) is 15.3. The first kappa shape index (κ1) is 16.0. The van der Waals surface area contributed by atoms with Crippen LogP contribution in [0.4, 0.5) is 0 Å². The average Bonchev–Trinajstić information content (AvgIpc) is 2.43. The number of rotatable bonds is 7. The van der Waals surface area contributed by atoms with Crippen LogP contribution in [0.1, 0.15) is 18.9 Å². The molecule has 0 aliphatic rings. The smallest absolute Gasteiger partial charge is 0.148 e. The molecule has 21 heavy (non-hydrogen) atoms. The standard InChI is InChI=1S/C17H23NO2S/c1-3-10-18-17(13-21(2,19)20)12-14-8-9-15-6-4-5-7-16(15)11-14/h4-9,11,17-18H,3,10,12-13H2,1-2H3. The first-order valence-corrected chi connectivity index (χ1v) is 9.43. The predicted octanol–water partition coefficient (Wildman–Crippen LogP) is 2.80. The molecule has 0 aromatic heterocycles. The number of sulfone groups is 1. The topological polar surface area (TPSA) is 46.2 Å². The lowest BCUT2D eigenvalue weighted by molar-refractivity contribution is 0.530. The normalized spacial score (nSPS) is 13.4. The molecule has 4 heteroatoms. The molecule has 1 unspecified atom stereocenters. The zero-order valence-corrected chi connectivity index (χ0v) is 13.5. The van der Waals surface area contributed by atoms with Gasteiger partial charge in [0.05, 0.1) is 5.75 Å². The fraction of sp³-hybridized carbons (Fsp3) is 0.412. The summed E-state index contributed by atoms with van der Waals surface area (Å²) in [6.07, 6.45) is 3.03. The molecular formula is C17H23NO2S. The molecule has 1 atom stereocenters. The van der Waals surface area contributed by atoms with Crippen LogP contribution >= 0.6 is 0 Å². The van der Waals surface area contributed by atoms with Crippen molar-refractivity contribution in [3.05, 3.63) is 48.0 Å². The van der Waals surface area contributed by atoms with Crippen LogP contribution < -0.4 is 5.32 Å². The molecular weight excluding hydrogens is 282 g/mol. The summed E-state index contributed by atoms with van der Waals surface area (Å²) < 4.78 is 23.1. The lowest BCUT2D eigenvalue weighted by atomic mass is 10.0. The third-order valence-electron chi connectivity index (χ3n) is 3.48. The van der Waals surface area contributed by atoms with Gasteiger partial charge >= 0.3 is 0 Å². The van der Waals surface area contributed by atoms with Crippen molar-refractivity contribution in [1.82, 2.24) is 5.32 Å². The second-order valence-corrected chi connectivity index (χ2v) is 7.81. The molecule has 0 aliphatic carbocycles. The number of fused-ring (bicyclic) bond motifs is 1. The van der Waals surface area contributed by atoms with Crippen molar-refractivity contribution >= 4 is 20.6 Å². The van der Waals surface area contributed by atoms with Crippen molar-refractivity contribution in [1.29, 1.82) is 0 Å². The van der Waals surface area contributed by atoms with Crippen LogP contribution in [0, 0.1) is 0 Å². The average molecular weight is 305 g/mol. The fourth-order valence-corrected chi connectivity index (χ4v) is 3.52. The van der Waals surface area contributed by atoms with E-state index in [9.17, 15) is 8.42 Å². The molecule has 0 amide bonds. The van der Waals surface area contributed by atoms with Crippen molar-refractivity contribution in [2.75, 3.05) is 18.6 Å². The van der Waals surface area contributed by atoms with Crippen molar-refractivity contribution in [2.24, 2.45) is 0 Å². The molecule has 114 valence electrons. The monoisotopic (exact) mass is 305 g/mol. The Kier molecular flexibility index (Phi) is 5.37. The maximum Gasteiger partial charge on any atom is 0.148 e. The van der Waals surface area contributed by atoms with E-state index in [1.165, 1.54) is 22.6 Å². The van der Waals surface area contributed by atoms with Crippen LogP contribution in [0.2, 0.25) is 0 Å². The molecule has 0 bridgehead atoms. The Bertz CT molecular complexity index is 695. The largest absolute Gasteiger partial charge is 0.313 e. The van der Waals surface area contributed by atoms with E-state index in [2.05, 4.69) is 42.6 Å². The summed E-state index contributed by atoms with van der Waals surface area (Å²) in [4.78, 5) is 0. The Hall–Kier alpha value is -1.39. The summed E-state index contributed by atoms with van der Waals surface area (Å²) in [7, 11) is -2.98. The molecule has 0 aliphatic heterocycles. The molecule has 2 rings (SSSR count). The van der Waals surface area contributed by atoms with Gasteiger partial charge in [-0.2, -0.15) is 0 Å². The molecule has 2 aromatic carbocycles. The zero-order valence-electron chi connectivity index (χ0n) is 12.7. The van der Waals surface area contributed by atoms with Gasteiger partial charge in [-0.15, -0.1) is 0 Å². The van der Waals surface area contributed by atoms with Gasteiger partial charge in [-0.3, -0.25) is 0 Å². The fourth-order valence-electron chi connectivity index (χ4n) is 2.55. The SMILES string of the molecule is CCCNC(Cc1ccc2ccccc2c1)CS(C)(=O)=O. The highest BCUT2D eigenvalue weighted by Gasteiger charge is 2.15. The summed E-state index contributed by atoms with van der Waals surface area (Å²) in [6, 6.07) is 14.5. The van der Waals surface area contributed by atoms with Crippen LogP contribution in [0.25, 0.3) is 10.8 Å². The van der Waals surface area contributed by atoms with Gasteiger partial charge in [0.25, 0.3) is 0 Å². The minimum atomic E-state index is -2.98. The molecule has 0 spiro atoms. The number of hydrogen-bond acceptors (Lipinski definition) is 3. The minimum absolute atomic E-state index is 0.0267. The maximum absolute atomic E-state index is 11.6. The van der Waals surface area contributed by atoms with Gasteiger partial charge in [-0.25, -0.2) is 8.42 Å². The summed E-state index contributed by atoms with van der Waals surface area (Å²) >= 11 is 0.